The fourth-order valence-electron chi connectivity index (χ4n) is 1.14. The Bertz CT molecular complexity index is 255. The maximum Gasteiger partial charge on any atom is 0.121 e. The van der Waals surface area contributed by atoms with Crippen molar-refractivity contribution in [1.82, 2.24) is 4.90 Å². The number of hydrogen-bond donors (Lipinski definition) is 1. The molecule has 0 fully saturated rings. The summed E-state index contributed by atoms with van der Waals surface area (Å²) in [7, 11) is 2.10. The summed E-state index contributed by atoms with van der Waals surface area (Å²) < 4.78 is 5.24. The van der Waals surface area contributed by atoms with Crippen molar-refractivity contribution in [3.63, 3.8) is 0 Å². The van der Waals surface area contributed by atoms with Crippen molar-refractivity contribution in [1.29, 1.82) is 0 Å². The summed E-state index contributed by atoms with van der Waals surface area (Å²) in [4.78, 5) is 2.25. The maximum atomic E-state index is 5.53. The molecule has 0 aliphatic rings. The quantitative estimate of drug-likeness (QED) is 0.768. The summed E-state index contributed by atoms with van der Waals surface area (Å²) >= 11 is 0. The zero-order valence-electron chi connectivity index (χ0n) is 8.58. The Morgan fingerprint density at radius 1 is 1.54 bits per heavy atom. The van der Waals surface area contributed by atoms with E-state index in [0.717, 1.165) is 12.3 Å². The minimum absolute atomic E-state index is 0.480. The summed E-state index contributed by atoms with van der Waals surface area (Å²) in [5.74, 6) is 0.896. The van der Waals surface area contributed by atoms with Gasteiger partial charge in [0.05, 0.1) is 12.8 Å². The van der Waals surface area contributed by atoms with Crippen LogP contribution in [0.25, 0.3) is 0 Å². The Morgan fingerprint density at radius 2 is 2.23 bits per heavy atom. The van der Waals surface area contributed by atoms with Gasteiger partial charge in [-0.15, -0.1) is 0 Å². The van der Waals surface area contributed by atoms with Gasteiger partial charge in [0.15, 0.2) is 0 Å². The zero-order chi connectivity index (χ0) is 9.84. The molecule has 0 saturated carbocycles. The molecule has 3 nitrogen and oxygen atoms in total. The Balaban J connectivity index is 2.62. The second kappa shape index (κ2) is 4.44. The highest BCUT2D eigenvalue weighted by Crippen LogP contribution is 2.12. The van der Waals surface area contributed by atoms with E-state index in [1.165, 1.54) is 5.56 Å². The first-order valence-electron chi connectivity index (χ1n) is 4.60. The maximum absolute atomic E-state index is 5.53. The van der Waals surface area contributed by atoms with Crippen LogP contribution in [0.15, 0.2) is 16.7 Å². The average molecular weight is 182 g/mol. The molecule has 0 spiro atoms. The first-order valence-corrected chi connectivity index (χ1v) is 4.60. The van der Waals surface area contributed by atoms with Crippen LogP contribution in [0.5, 0.6) is 0 Å². The molecule has 13 heavy (non-hydrogen) atoms. The summed E-state index contributed by atoms with van der Waals surface area (Å²) in [6.45, 7) is 5.72. The Kier molecular flexibility index (Phi) is 3.51. The lowest BCUT2D eigenvalue weighted by Gasteiger charge is -2.20. The molecule has 0 atom stereocenters. The number of rotatable bonds is 4. The topological polar surface area (TPSA) is 42.4 Å². The van der Waals surface area contributed by atoms with Crippen molar-refractivity contribution in [3.05, 3.63) is 23.7 Å². The standard InChI is InChI=1S/C10H18N2O/c1-8(2)12(3)7-9-4-5-13-10(9)6-11/h4-5,8H,6-7,11H2,1-3H3. The molecule has 0 amide bonds. The highest BCUT2D eigenvalue weighted by Gasteiger charge is 2.09. The minimum atomic E-state index is 0.480. The SMILES string of the molecule is CC(C)N(C)Cc1ccoc1CN. The van der Waals surface area contributed by atoms with Gasteiger partial charge in [-0.05, 0) is 27.0 Å². The molecule has 0 aliphatic heterocycles. The van der Waals surface area contributed by atoms with Gasteiger partial charge in [-0.2, -0.15) is 0 Å². The van der Waals surface area contributed by atoms with Gasteiger partial charge in [0.25, 0.3) is 0 Å². The summed E-state index contributed by atoms with van der Waals surface area (Å²) in [5, 5.41) is 0. The van der Waals surface area contributed by atoms with Gasteiger partial charge in [-0.3, -0.25) is 4.90 Å². The number of hydrogen-bond acceptors (Lipinski definition) is 3. The minimum Gasteiger partial charge on any atom is -0.468 e. The summed E-state index contributed by atoms with van der Waals surface area (Å²) in [6.07, 6.45) is 1.70. The Morgan fingerprint density at radius 3 is 2.77 bits per heavy atom. The Hall–Kier alpha value is -0.800. The van der Waals surface area contributed by atoms with Gasteiger partial charge in [-0.25, -0.2) is 0 Å². The van der Waals surface area contributed by atoms with Crippen LogP contribution in [0.4, 0.5) is 0 Å². The zero-order valence-corrected chi connectivity index (χ0v) is 8.58. The highest BCUT2D eigenvalue weighted by molar-refractivity contribution is 5.16. The van der Waals surface area contributed by atoms with Crippen molar-refractivity contribution < 1.29 is 4.42 Å². The lowest BCUT2D eigenvalue weighted by Crippen LogP contribution is -2.25. The van der Waals surface area contributed by atoms with E-state index in [1.54, 1.807) is 6.26 Å². The van der Waals surface area contributed by atoms with Crippen LogP contribution >= 0.6 is 0 Å². The van der Waals surface area contributed by atoms with Crippen LogP contribution in [-0.2, 0) is 13.1 Å². The molecule has 3 heteroatoms. The van der Waals surface area contributed by atoms with E-state index in [-0.39, 0.29) is 0 Å². The van der Waals surface area contributed by atoms with E-state index in [9.17, 15) is 0 Å². The van der Waals surface area contributed by atoms with Crippen LogP contribution in [0.1, 0.15) is 25.2 Å². The van der Waals surface area contributed by atoms with Gasteiger partial charge in [-0.1, -0.05) is 0 Å². The second-order valence-corrected chi connectivity index (χ2v) is 3.58. The van der Waals surface area contributed by atoms with E-state index < -0.39 is 0 Å². The molecule has 1 aromatic heterocycles. The molecule has 1 aromatic rings. The monoisotopic (exact) mass is 182 g/mol. The third-order valence-electron chi connectivity index (χ3n) is 2.32. The average Bonchev–Trinajstić information content (AvgIpc) is 2.51. The van der Waals surface area contributed by atoms with Crippen molar-refractivity contribution in [2.45, 2.75) is 33.0 Å². The molecule has 0 radical (unpaired) electrons. The van der Waals surface area contributed by atoms with Crippen molar-refractivity contribution in [2.24, 2.45) is 5.73 Å². The molecular formula is C10H18N2O. The molecule has 2 N–H and O–H groups in total. The third kappa shape index (κ3) is 2.57. The molecule has 1 rings (SSSR count). The normalized spacial score (nSPS) is 11.5. The lowest BCUT2D eigenvalue weighted by molar-refractivity contribution is 0.263. The molecule has 0 saturated heterocycles. The molecule has 0 aliphatic carbocycles. The number of nitrogens with two attached hydrogens (primary N) is 1. The smallest absolute Gasteiger partial charge is 0.121 e. The van der Waals surface area contributed by atoms with Crippen molar-refractivity contribution in [3.8, 4) is 0 Å². The molecule has 0 unspecified atom stereocenters. The van der Waals surface area contributed by atoms with E-state index >= 15 is 0 Å². The lowest BCUT2D eigenvalue weighted by atomic mass is 10.2. The summed E-state index contributed by atoms with van der Waals surface area (Å²) in [6, 6.07) is 2.53. The fraction of sp³-hybridized carbons (Fsp3) is 0.600. The van der Waals surface area contributed by atoms with Gasteiger partial charge >= 0.3 is 0 Å². The molecule has 74 valence electrons. The van der Waals surface area contributed by atoms with E-state index in [0.29, 0.717) is 12.6 Å². The second-order valence-electron chi connectivity index (χ2n) is 3.58. The van der Waals surface area contributed by atoms with E-state index in [1.807, 2.05) is 6.07 Å². The third-order valence-corrected chi connectivity index (χ3v) is 2.32. The number of nitrogens with zero attached hydrogens (tertiary/aromatic N) is 1. The molecule has 0 aromatic carbocycles. The highest BCUT2D eigenvalue weighted by atomic mass is 16.3. The Labute approximate surface area is 79.5 Å². The van der Waals surface area contributed by atoms with Gasteiger partial charge in [0.2, 0.25) is 0 Å². The first kappa shape index (κ1) is 10.3. The van der Waals surface area contributed by atoms with Crippen molar-refractivity contribution in [2.75, 3.05) is 7.05 Å². The van der Waals surface area contributed by atoms with Crippen LogP contribution in [0, 0.1) is 0 Å². The van der Waals surface area contributed by atoms with Gasteiger partial charge < -0.3 is 10.2 Å². The van der Waals surface area contributed by atoms with Gasteiger partial charge in [0.1, 0.15) is 5.76 Å². The molecule has 0 bridgehead atoms. The molecular weight excluding hydrogens is 164 g/mol. The number of furan rings is 1. The van der Waals surface area contributed by atoms with Crippen molar-refractivity contribution >= 4 is 0 Å². The summed E-state index contributed by atoms with van der Waals surface area (Å²) in [5.41, 5.74) is 6.73. The largest absolute Gasteiger partial charge is 0.468 e. The fourth-order valence-corrected chi connectivity index (χ4v) is 1.14. The predicted molar refractivity (Wildman–Crippen MR) is 53.2 cm³/mol. The predicted octanol–water partition coefficient (Wildman–Crippen LogP) is 1.58. The van der Waals surface area contributed by atoms with Crippen LogP contribution < -0.4 is 5.73 Å². The van der Waals surface area contributed by atoms with Crippen LogP contribution in [0.3, 0.4) is 0 Å². The van der Waals surface area contributed by atoms with Gasteiger partial charge in [0, 0.05) is 18.2 Å². The first-order chi connectivity index (χ1) is 6.15. The van der Waals surface area contributed by atoms with Crippen LogP contribution in [-0.4, -0.2) is 18.0 Å². The molecule has 1 heterocycles. The van der Waals surface area contributed by atoms with Crippen LogP contribution in [0.2, 0.25) is 0 Å². The van der Waals surface area contributed by atoms with E-state index in [4.69, 9.17) is 10.2 Å². The van der Waals surface area contributed by atoms with E-state index in [2.05, 4.69) is 25.8 Å².